The van der Waals surface area contributed by atoms with Crippen LogP contribution in [-0.2, 0) is 0 Å². The van der Waals surface area contributed by atoms with E-state index in [0.717, 1.165) is 44.6 Å². The van der Waals surface area contributed by atoms with Crippen LogP contribution in [0.4, 0.5) is 17.1 Å². The average molecular weight is 690 g/mol. The van der Waals surface area contributed by atoms with E-state index in [0.29, 0.717) is 0 Å². The third-order valence-electron chi connectivity index (χ3n) is 10.5. The van der Waals surface area contributed by atoms with Crippen molar-refractivity contribution in [2.24, 2.45) is 0 Å². The van der Waals surface area contributed by atoms with Gasteiger partial charge in [0.25, 0.3) is 0 Å². The average Bonchev–Trinajstić information content (AvgIpc) is 3.62. The predicted octanol–water partition coefficient (Wildman–Crippen LogP) is 14.9. The third-order valence-corrected chi connectivity index (χ3v) is 10.5. The molecule has 10 aromatic rings. The Bertz CT molecular complexity index is 2940. The van der Waals surface area contributed by atoms with Crippen LogP contribution in [0.15, 0.2) is 217 Å². The number of anilines is 3. The van der Waals surface area contributed by atoms with Crippen molar-refractivity contribution in [1.82, 2.24) is 0 Å². The van der Waals surface area contributed by atoms with Crippen LogP contribution >= 0.6 is 0 Å². The van der Waals surface area contributed by atoms with Gasteiger partial charge in [-0.15, -0.1) is 0 Å². The van der Waals surface area contributed by atoms with E-state index >= 15 is 0 Å². The van der Waals surface area contributed by atoms with Crippen molar-refractivity contribution in [3.63, 3.8) is 0 Å². The molecule has 2 heteroatoms. The summed E-state index contributed by atoms with van der Waals surface area (Å²) >= 11 is 0. The van der Waals surface area contributed by atoms with Crippen LogP contribution in [-0.4, -0.2) is 0 Å². The quantitative estimate of drug-likeness (QED) is 0.166. The van der Waals surface area contributed by atoms with Crippen LogP contribution < -0.4 is 4.90 Å². The number of furan rings is 1. The summed E-state index contributed by atoms with van der Waals surface area (Å²) in [4.78, 5) is 2.37. The zero-order valence-electron chi connectivity index (χ0n) is 29.6. The fourth-order valence-corrected chi connectivity index (χ4v) is 8.01. The molecular weight excluding hydrogens is 655 g/mol. The number of hydrogen-bond acceptors (Lipinski definition) is 2. The highest BCUT2D eigenvalue weighted by Gasteiger charge is 2.21. The van der Waals surface area contributed by atoms with E-state index in [1.54, 1.807) is 0 Å². The maximum atomic E-state index is 6.44. The third kappa shape index (κ3) is 5.53. The van der Waals surface area contributed by atoms with Crippen LogP contribution in [0.2, 0.25) is 0 Å². The lowest BCUT2D eigenvalue weighted by Crippen LogP contribution is -2.10. The molecule has 10 rings (SSSR count). The summed E-state index contributed by atoms with van der Waals surface area (Å²) in [5.41, 5.74) is 14.5. The minimum absolute atomic E-state index is 0.866. The van der Waals surface area contributed by atoms with Crippen molar-refractivity contribution in [1.29, 1.82) is 0 Å². The lowest BCUT2D eigenvalue weighted by molar-refractivity contribution is 0.669. The van der Waals surface area contributed by atoms with Gasteiger partial charge in [-0.2, -0.15) is 0 Å². The van der Waals surface area contributed by atoms with Crippen molar-refractivity contribution in [2.75, 3.05) is 4.90 Å². The Morgan fingerprint density at radius 1 is 0.315 bits per heavy atom. The molecule has 54 heavy (non-hydrogen) atoms. The minimum Gasteiger partial charge on any atom is -0.456 e. The van der Waals surface area contributed by atoms with Gasteiger partial charge in [-0.3, -0.25) is 0 Å². The fourth-order valence-electron chi connectivity index (χ4n) is 8.01. The molecule has 0 amide bonds. The summed E-state index contributed by atoms with van der Waals surface area (Å²) in [7, 11) is 0. The van der Waals surface area contributed by atoms with Gasteiger partial charge in [0.05, 0.1) is 5.69 Å². The molecule has 0 aliphatic rings. The number of rotatable bonds is 7. The molecule has 0 fully saturated rings. The van der Waals surface area contributed by atoms with Crippen molar-refractivity contribution in [2.45, 2.75) is 0 Å². The van der Waals surface area contributed by atoms with E-state index in [1.165, 1.54) is 49.7 Å². The van der Waals surface area contributed by atoms with Crippen LogP contribution in [0.25, 0.3) is 77.2 Å². The topological polar surface area (TPSA) is 16.4 Å². The molecule has 0 spiro atoms. The molecule has 0 radical (unpaired) electrons. The molecule has 0 bridgehead atoms. The second kappa shape index (κ2) is 13.4. The van der Waals surface area contributed by atoms with Crippen LogP contribution in [0.3, 0.4) is 0 Å². The van der Waals surface area contributed by atoms with Gasteiger partial charge in [0.2, 0.25) is 0 Å². The van der Waals surface area contributed by atoms with Gasteiger partial charge in [0.15, 0.2) is 0 Å². The number of hydrogen-bond donors (Lipinski definition) is 0. The van der Waals surface area contributed by atoms with Crippen molar-refractivity contribution < 1.29 is 4.42 Å². The molecule has 9 aromatic carbocycles. The number of para-hydroxylation sites is 1. The summed E-state index contributed by atoms with van der Waals surface area (Å²) in [6, 6.07) is 76.0. The number of benzene rings is 9. The maximum absolute atomic E-state index is 6.44. The fraction of sp³-hybridized carbons (Fsp3) is 0. The predicted molar refractivity (Wildman–Crippen MR) is 228 cm³/mol. The number of nitrogens with zero attached hydrogens (tertiary/aromatic N) is 1. The highest BCUT2D eigenvalue weighted by Crippen LogP contribution is 2.46. The second-order valence-electron chi connectivity index (χ2n) is 13.7. The monoisotopic (exact) mass is 689 g/mol. The zero-order chi connectivity index (χ0) is 35.8. The largest absolute Gasteiger partial charge is 0.456 e. The molecule has 2 nitrogen and oxygen atoms in total. The van der Waals surface area contributed by atoms with Crippen molar-refractivity contribution >= 4 is 49.8 Å². The highest BCUT2D eigenvalue weighted by atomic mass is 16.3. The summed E-state index contributed by atoms with van der Waals surface area (Å²) < 4.78 is 6.44. The highest BCUT2D eigenvalue weighted by molar-refractivity contribution is 6.07. The van der Waals surface area contributed by atoms with Gasteiger partial charge >= 0.3 is 0 Å². The van der Waals surface area contributed by atoms with Crippen molar-refractivity contribution in [3.8, 4) is 44.5 Å². The molecular formula is C52H35NO. The summed E-state index contributed by atoms with van der Waals surface area (Å²) in [5.74, 6) is 0. The SMILES string of the molecule is c1ccc(-c2ccccc2-c2c(-c3ccccc3)cccc2-c2cccc(N(c3ccc4c(c3)oc3ccccc34)c3cccc4ccccc34)c2)cc1. The standard InChI is InChI=1S/C52H35NO/c1-3-16-36(17-4-1)42-24-9-10-27-48(42)52-44(38-18-5-2-6-19-38)28-15-29-45(52)39-22-13-23-40(34-39)53(49-30-14-21-37-20-7-8-25-43(37)49)41-32-33-47-46-26-11-12-31-50(46)54-51(47)35-41/h1-35H. The van der Waals surface area contributed by atoms with Gasteiger partial charge in [-0.1, -0.05) is 170 Å². The lowest BCUT2D eigenvalue weighted by Gasteiger charge is -2.27. The van der Waals surface area contributed by atoms with E-state index in [4.69, 9.17) is 4.42 Å². The Morgan fingerprint density at radius 3 is 1.67 bits per heavy atom. The molecule has 0 saturated heterocycles. The minimum atomic E-state index is 0.866. The van der Waals surface area contributed by atoms with Gasteiger partial charge in [0, 0.05) is 33.6 Å². The van der Waals surface area contributed by atoms with Crippen molar-refractivity contribution in [3.05, 3.63) is 212 Å². The Kier molecular flexibility index (Phi) is 7.85. The van der Waals surface area contributed by atoms with E-state index in [-0.39, 0.29) is 0 Å². The number of fused-ring (bicyclic) bond motifs is 4. The first-order valence-electron chi connectivity index (χ1n) is 18.4. The Morgan fingerprint density at radius 2 is 0.852 bits per heavy atom. The normalized spacial score (nSPS) is 11.3. The summed E-state index contributed by atoms with van der Waals surface area (Å²) in [5, 5.41) is 4.61. The van der Waals surface area contributed by atoms with Gasteiger partial charge < -0.3 is 9.32 Å². The molecule has 0 N–H and O–H groups in total. The smallest absolute Gasteiger partial charge is 0.137 e. The van der Waals surface area contributed by atoms with Crippen LogP contribution in [0, 0.1) is 0 Å². The van der Waals surface area contributed by atoms with E-state index in [1.807, 2.05) is 12.1 Å². The summed E-state index contributed by atoms with van der Waals surface area (Å²) in [6.07, 6.45) is 0. The Labute approximate surface area is 314 Å². The first-order valence-corrected chi connectivity index (χ1v) is 18.4. The van der Waals surface area contributed by atoms with E-state index < -0.39 is 0 Å². The zero-order valence-corrected chi connectivity index (χ0v) is 29.6. The van der Waals surface area contributed by atoms with E-state index in [9.17, 15) is 0 Å². The first kappa shape index (κ1) is 31.6. The maximum Gasteiger partial charge on any atom is 0.137 e. The van der Waals surface area contributed by atoms with Gasteiger partial charge in [-0.05, 0) is 86.3 Å². The molecule has 1 aromatic heterocycles. The van der Waals surface area contributed by atoms with E-state index in [2.05, 4.69) is 205 Å². The van der Waals surface area contributed by atoms with Crippen LogP contribution in [0.5, 0.6) is 0 Å². The van der Waals surface area contributed by atoms with Gasteiger partial charge in [-0.25, -0.2) is 0 Å². The Balaban J connectivity index is 1.21. The summed E-state index contributed by atoms with van der Waals surface area (Å²) in [6.45, 7) is 0. The Hall–Kier alpha value is -7.16. The van der Waals surface area contributed by atoms with Gasteiger partial charge in [0.1, 0.15) is 11.2 Å². The second-order valence-corrected chi connectivity index (χ2v) is 13.7. The molecule has 0 aliphatic carbocycles. The molecule has 1 heterocycles. The first-order chi connectivity index (χ1) is 26.8. The molecule has 0 aliphatic heterocycles. The molecule has 0 saturated carbocycles. The molecule has 0 atom stereocenters. The van der Waals surface area contributed by atoms with Crippen LogP contribution in [0.1, 0.15) is 0 Å². The molecule has 254 valence electrons. The molecule has 0 unspecified atom stereocenters. The lowest BCUT2D eigenvalue weighted by atomic mass is 9.84.